The molecule has 0 aliphatic carbocycles. The number of carbonyl (C=O) groups excluding carboxylic acids is 2. The van der Waals surface area contributed by atoms with Gasteiger partial charge in [-0.25, -0.2) is 0 Å². The summed E-state index contributed by atoms with van der Waals surface area (Å²) in [6, 6.07) is 9.46. The molecule has 0 aliphatic heterocycles. The predicted octanol–water partition coefficient (Wildman–Crippen LogP) is 3.70. The van der Waals surface area contributed by atoms with Gasteiger partial charge >= 0.3 is 0 Å². The Bertz CT molecular complexity index is 431. The van der Waals surface area contributed by atoms with Crippen molar-refractivity contribution >= 4 is 17.4 Å². The first-order valence-electron chi connectivity index (χ1n) is 8.20. The second kappa shape index (κ2) is 11.9. The van der Waals surface area contributed by atoms with Crippen molar-refractivity contribution in [3.8, 4) is 0 Å². The minimum absolute atomic E-state index is 0.0475. The zero-order valence-electron chi connectivity index (χ0n) is 13.2. The number of aliphatic hydroxyl groups is 1. The van der Waals surface area contributed by atoms with Crippen molar-refractivity contribution in [3.63, 3.8) is 0 Å². The van der Waals surface area contributed by atoms with Gasteiger partial charge in [0.25, 0.3) is 0 Å². The van der Waals surface area contributed by atoms with Crippen LogP contribution in [-0.4, -0.2) is 23.4 Å². The van der Waals surface area contributed by atoms with Gasteiger partial charge in [-0.2, -0.15) is 0 Å². The smallest absolute Gasteiger partial charge is 0.224 e. The number of anilines is 1. The maximum atomic E-state index is 11.7. The van der Waals surface area contributed by atoms with Crippen molar-refractivity contribution in [2.24, 2.45) is 0 Å². The van der Waals surface area contributed by atoms with E-state index < -0.39 is 0 Å². The molecule has 1 amide bonds. The second-order valence-corrected chi connectivity index (χ2v) is 5.55. The van der Waals surface area contributed by atoms with Crippen molar-refractivity contribution in [2.75, 3.05) is 11.9 Å². The summed E-state index contributed by atoms with van der Waals surface area (Å²) in [5.41, 5.74) is 0.834. The third-order valence-electron chi connectivity index (χ3n) is 3.53. The highest BCUT2D eigenvalue weighted by Gasteiger charge is 2.03. The largest absolute Gasteiger partial charge is 0.396 e. The number of rotatable bonds is 12. The van der Waals surface area contributed by atoms with Gasteiger partial charge in [0.2, 0.25) is 5.91 Å². The van der Waals surface area contributed by atoms with Crippen LogP contribution >= 0.6 is 0 Å². The molecule has 4 heteroatoms. The first kappa shape index (κ1) is 18.4. The lowest BCUT2D eigenvalue weighted by Crippen LogP contribution is -2.10. The van der Waals surface area contributed by atoms with Crippen molar-refractivity contribution in [1.82, 2.24) is 0 Å². The molecule has 122 valence electrons. The molecule has 0 radical (unpaired) electrons. The van der Waals surface area contributed by atoms with Crippen LogP contribution in [0.4, 0.5) is 5.69 Å². The molecular weight excluding hydrogens is 278 g/mol. The third-order valence-corrected chi connectivity index (χ3v) is 3.53. The number of ketones is 1. The minimum Gasteiger partial charge on any atom is -0.396 e. The van der Waals surface area contributed by atoms with Crippen LogP contribution in [0.2, 0.25) is 0 Å². The third kappa shape index (κ3) is 9.29. The molecule has 0 aromatic heterocycles. The molecule has 22 heavy (non-hydrogen) atoms. The maximum Gasteiger partial charge on any atom is 0.224 e. The van der Waals surface area contributed by atoms with Gasteiger partial charge in [-0.05, 0) is 37.8 Å². The van der Waals surface area contributed by atoms with Gasteiger partial charge in [0.1, 0.15) is 5.78 Å². The van der Waals surface area contributed by atoms with Gasteiger partial charge in [-0.15, -0.1) is 0 Å². The molecular formula is C18H27NO3. The van der Waals surface area contributed by atoms with E-state index in [2.05, 4.69) is 5.32 Å². The standard InChI is InChI=1S/C18H27NO3/c20-15-9-8-13-17(21)12-6-1-2-7-14-18(22)19-16-10-4-3-5-11-16/h3-5,10-11,20H,1-2,6-9,12-15H2,(H,19,22). The van der Waals surface area contributed by atoms with E-state index in [1.165, 1.54) is 0 Å². The molecule has 1 aromatic rings. The number of unbranched alkanes of at least 4 members (excludes halogenated alkanes) is 4. The van der Waals surface area contributed by atoms with Gasteiger partial charge in [0, 0.05) is 31.6 Å². The van der Waals surface area contributed by atoms with Crippen LogP contribution in [-0.2, 0) is 9.59 Å². The Morgan fingerprint density at radius 2 is 1.41 bits per heavy atom. The average Bonchev–Trinajstić information content (AvgIpc) is 2.52. The van der Waals surface area contributed by atoms with Crippen LogP contribution in [0.5, 0.6) is 0 Å². The van der Waals surface area contributed by atoms with Crippen LogP contribution in [0.15, 0.2) is 30.3 Å². The Hall–Kier alpha value is -1.68. The highest BCUT2D eigenvalue weighted by Crippen LogP contribution is 2.10. The van der Waals surface area contributed by atoms with Crippen molar-refractivity contribution in [3.05, 3.63) is 30.3 Å². The molecule has 0 spiro atoms. The first-order chi connectivity index (χ1) is 10.7. The summed E-state index contributed by atoms with van der Waals surface area (Å²) < 4.78 is 0. The van der Waals surface area contributed by atoms with E-state index in [9.17, 15) is 9.59 Å². The van der Waals surface area contributed by atoms with Crippen LogP contribution < -0.4 is 5.32 Å². The highest BCUT2D eigenvalue weighted by atomic mass is 16.3. The lowest BCUT2D eigenvalue weighted by molar-refractivity contribution is -0.119. The van der Waals surface area contributed by atoms with Gasteiger partial charge in [0.15, 0.2) is 0 Å². The van der Waals surface area contributed by atoms with Crippen molar-refractivity contribution in [2.45, 2.75) is 57.8 Å². The summed E-state index contributed by atoms with van der Waals surface area (Å²) in [5.74, 6) is 0.335. The molecule has 0 aliphatic rings. The SMILES string of the molecule is O=C(CCCCO)CCCCCCC(=O)Nc1ccccc1. The zero-order valence-corrected chi connectivity index (χ0v) is 13.2. The van der Waals surface area contributed by atoms with E-state index in [-0.39, 0.29) is 18.3 Å². The van der Waals surface area contributed by atoms with Crippen LogP contribution in [0.1, 0.15) is 57.8 Å². The molecule has 0 atom stereocenters. The zero-order chi connectivity index (χ0) is 16.0. The molecule has 0 fully saturated rings. The normalized spacial score (nSPS) is 10.4. The van der Waals surface area contributed by atoms with E-state index >= 15 is 0 Å². The summed E-state index contributed by atoms with van der Waals surface area (Å²) in [7, 11) is 0. The summed E-state index contributed by atoms with van der Waals surface area (Å²) >= 11 is 0. The van der Waals surface area contributed by atoms with Gasteiger partial charge in [0.05, 0.1) is 0 Å². The molecule has 2 N–H and O–H groups in total. The summed E-state index contributed by atoms with van der Waals surface area (Å²) in [6.45, 7) is 0.165. The quantitative estimate of drug-likeness (QED) is 0.579. The lowest BCUT2D eigenvalue weighted by atomic mass is 10.1. The van der Waals surface area contributed by atoms with Gasteiger partial charge in [-0.3, -0.25) is 9.59 Å². The first-order valence-corrected chi connectivity index (χ1v) is 8.20. The number of hydrogen-bond donors (Lipinski definition) is 2. The number of aliphatic hydroxyl groups excluding tert-OH is 1. The molecule has 0 unspecified atom stereocenters. The Morgan fingerprint density at radius 3 is 2.05 bits per heavy atom. The monoisotopic (exact) mass is 305 g/mol. The highest BCUT2D eigenvalue weighted by molar-refractivity contribution is 5.90. The van der Waals surface area contributed by atoms with Gasteiger partial charge < -0.3 is 10.4 Å². The number of benzene rings is 1. The van der Waals surface area contributed by atoms with E-state index in [0.29, 0.717) is 25.7 Å². The number of nitrogens with one attached hydrogen (secondary N) is 1. The molecule has 1 rings (SSSR count). The molecule has 4 nitrogen and oxygen atoms in total. The minimum atomic E-state index is 0.0475. The average molecular weight is 305 g/mol. The Morgan fingerprint density at radius 1 is 0.818 bits per heavy atom. The summed E-state index contributed by atoms with van der Waals surface area (Å²) in [6.07, 6.45) is 6.96. The van der Waals surface area contributed by atoms with Crippen LogP contribution in [0.25, 0.3) is 0 Å². The number of carbonyl (C=O) groups is 2. The number of para-hydroxylation sites is 1. The molecule has 0 saturated carbocycles. The number of Topliss-reactive ketones (excluding diaryl/α,β-unsaturated/α-hetero) is 1. The van der Waals surface area contributed by atoms with Gasteiger partial charge in [-0.1, -0.05) is 31.0 Å². The summed E-state index contributed by atoms with van der Waals surface area (Å²) in [4.78, 5) is 23.2. The Balaban J connectivity index is 1.97. The van der Waals surface area contributed by atoms with Crippen molar-refractivity contribution in [1.29, 1.82) is 0 Å². The fraction of sp³-hybridized carbons (Fsp3) is 0.556. The van der Waals surface area contributed by atoms with E-state index in [1.54, 1.807) is 0 Å². The maximum absolute atomic E-state index is 11.7. The number of hydrogen-bond acceptors (Lipinski definition) is 3. The van der Waals surface area contributed by atoms with E-state index in [1.807, 2.05) is 30.3 Å². The molecule has 1 aromatic carbocycles. The Labute approximate surface area is 132 Å². The van der Waals surface area contributed by atoms with Crippen molar-refractivity contribution < 1.29 is 14.7 Å². The molecule has 0 saturated heterocycles. The summed E-state index contributed by atoms with van der Waals surface area (Å²) in [5, 5.41) is 11.5. The number of amides is 1. The Kier molecular flexibility index (Phi) is 9.96. The molecule has 0 bridgehead atoms. The van der Waals surface area contributed by atoms with E-state index in [4.69, 9.17) is 5.11 Å². The second-order valence-electron chi connectivity index (χ2n) is 5.55. The van der Waals surface area contributed by atoms with E-state index in [0.717, 1.165) is 37.8 Å². The van der Waals surface area contributed by atoms with Crippen LogP contribution in [0.3, 0.4) is 0 Å². The van der Waals surface area contributed by atoms with Crippen LogP contribution in [0, 0.1) is 0 Å². The molecule has 0 heterocycles. The lowest BCUT2D eigenvalue weighted by Gasteiger charge is -2.05. The topological polar surface area (TPSA) is 66.4 Å². The fourth-order valence-electron chi connectivity index (χ4n) is 2.27. The fourth-order valence-corrected chi connectivity index (χ4v) is 2.27. The predicted molar refractivity (Wildman–Crippen MR) is 88.7 cm³/mol.